The average molecular weight is 482 g/mol. The zero-order valence-corrected chi connectivity index (χ0v) is 21.0. The molecule has 0 saturated carbocycles. The summed E-state index contributed by atoms with van der Waals surface area (Å²) in [5, 5.41) is 1.37. The molecule has 7 heteroatoms. The van der Waals surface area contributed by atoms with Crippen molar-refractivity contribution in [2.75, 3.05) is 6.61 Å². The van der Waals surface area contributed by atoms with E-state index in [1.165, 1.54) is 0 Å². The van der Waals surface area contributed by atoms with Crippen molar-refractivity contribution >= 4 is 28.5 Å². The molecule has 1 aliphatic rings. The van der Waals surface area contributed by atoms with Crippen LogP contribution in [0.3, 0.4) is 0 Å². The lowest BCUT2D eigenvalue weighted by Crippen LogP contribution is -2.51. The van der Waals surface area contributed by atoms with Crippen molar-refractivity contribution in [3.05, 3.63) is 75.2 Å². The minimum absolute atomic E-state index is 0.0710. The van der Waals surface area contributed by atoms with Gasteiger partial charge in [-0.15, -0.1) is 0 Å². The molecule has 0 N–H and O–H groups in total. The Hall–Kier alpha value is -2.70. The van der Waals surface area contributed by atoms with Crippen molar-refractivity contribution in [3.63, 3.8) is 0 Å². The molecule has 0 aliphatic carbocycles. The van der Waals surface area contributed by atoms with Crippen LogP contribution >= 0.6 is 11.6 Å². The van der Waals surface area contributed by atoms with Gasteiger partial charge in [0.1, 0.15) is 16.9 Å². The summed E-state index contributed by atoms with van der Waals surface area (Å²) in [5.41, 5.74) is 0.514. The van der Waals surface area contributed by atoms with Gasteiger partial charge in [-0.05, 0) is 68.0 Å². The third-order valence-corrected chi connectivity index (χ3v) is 6.92. The van der Waals surface area contributed by atoms with Gasteiger partial charge in [-0.25, -0.2) is 4.98 Å². The Bertz CT molecular complexity index is 1240. The minimum atomic E-state index is -0.737. The van der Waals surface area contributed by atoms with Crippen LogP contribution in [0.5, 0.6) is 0 Å². The molecule has 3 heterocycles. The molecule has 1 aromatic carbocycles. The van der Waals surface area contributed by atoms with Gasteiger partial charge >= 0.3 is 0 Å². The lowest BCUT2D eigenvalue weighted by Gasteiger charge is -2.37. The molecule has 0 spiro atoms. The summed E-state index contributed by atoms with van der Waals surface area (Å²) < 4.78 is 7.76. The molecule has 4 rings (SSSR count). The standard InChI is InChI=1S/C27H32ClN3O3/c1-5-22-17-34-27(4,13-12-18(2)3)31(22)26(33)23-15-20-7-6-14-29-24(20)30(25(23)32)16-19-8-10-21(28)11-9-19/h6-11,14-15,18,22H,5,12-13,16-17H2,1-4H3. The van der Waals surface area contributed by atoms with Gasteiger partial charge in [0.2, 0.25) is 0 Å². The maximum absolute atomic E-state index is 14.0. The first kappa shape index (κ1) is 24.4. The van der Waals surface area contributed by atoms with E-state index in [1.807, 2.05) is 38.1 Å². The summed E-state index contributed by atoms with van der Waals surface area (Å²) in [7, 11) is 0. The van der Waals surface area contributed by atoms with E-state index in [1.54, 1.807) is 33.9 Å². The first-order chi connectivity index (χ1) is 16.2. The van der Waals surface area contributed by atoms with Gasteiger partial charge in [0, 0.05) is 16.6 Å². The summed E-state index contributed by atoms with van der Waals surface area (Å²) in [4.78, 5) is 34.0. The number of carbonyl (C=O) groups is 1. The van der Waals surface area contributed by atoms with E-state index in [0.717, 1.165) is 30.2 Å². The molecule has 180 valence electrons. The molecule has 0 radical (unpaired) electrons. The molecule has 2 atom stereocenters. The first-order valence-corrected chi connectivity index (χ1v) is 12.3. The Labute approximate surface area is 205 Å². The van der Waals surface area contributed by atoms with Crippen molar-refractivity contribution in [1.82, 2.24) is 14.5 Å². The summed E-state index contributed by atoms with van der Waals surface area (Å²) in [6, 6.07) is 12.6. The molecule has 1 saturated heterocycles. The van der Waals surface area contributed by atoms with Crippen LogP contribution in [-0.4, -0.2) is 38.7 Å². The fraction of sp³-hybridized carbons (Fsp3) is 0.444. The molecule has 2 unspecified atom stereocenters. The predicted octanol–water partition coefficient (Wildman–Crippen LogP) is 5.50. The lowest BCUT2D eigenvalue weighted by atomic mass is 9.99. The molecule has 2 aromatic heterocycles. The van der Waals surface area contributed by atoms with Crippen LogP contribution in [0.2, 0.25) is 5.02 Å². The summed E-state index contributed by atoms with van der Waals surface area (Å²) >= 11 is 6.04. The number of amides is 1. The van der Waals surface area contributed by atoms with E-state index in [0.29, 0.717) is 29.7 Å². The average Bonchev–Trinajstić information content (AvgIpc) is 3.17. The van der Waals surface area contributed by atoms with Crippen molar-refractivity contribution in [2.24, 2.45) is 5.92 Å². The largest absolute Gasteiger partial charge is 0.354 e. The molecule has 1 fully saturated rings. The van der Waals surface area contributed by atoms with Gasteiger partial charge in [0.05, 0.1) is 19.2 Å². The van der Waals surface area contributed by atoms with Crippen molar-refractivity contribution in [1.29, 1.82) is 0 Å². The van der Waals surface area contributed by atoms with Crippen molar-refractivity contribution in [3.8, 4) is 0 Å². The zero-order valence-electron chi connectivity index (χ0n) is 20.3. The Kier molecular flexibility index (Phi) is 7.10. The van der Waals surface area contributed by atoms with Gasteiger partial charge in [-0.2, -0.15) is 0 Å². The number of rotatable bonds is 7. The highest BCUT2D eigenvalue weighted by atomic mass is 35.5. The van der Waals surface area contributed by atoms with E-state index in [2.05, 4.69) is 18.8 Å². The van der Waals surface area contributed by atoms with E-state index < -0.39 is 5.72 Å². The van der Waals surface area contributed by atoms with E-state index >= 15 is 0 Å². The topological polar surface area (TPSA) is 64.4 Å². The molecule has 6 nitrogen and oxygen atoms in total. The number of pyridine rings is 2. The minimum Gasteiger partial charge on any atom is -0.354 e. The molecule has 1 amide bonds. The molecule has 34 heavy (non-hydrogen) atoms. The first-order valence-electron chi connectivity index (χ1n) is 11.9. The maximum atomic E-state index is 14.0. The Morgan fingerprint density at radius 1 is 1.26 bits per heavy atom. The van der Waals surface area contributed by atoms with Crippen molar-refractivity contribution < 1.29 is 9.53 Å². The third kappa shape index (κ3) is 4.75. The van der Waals surface area contributed by atoms with E-state index in [-0.39, 0.29) is 23.1 Å². The van der Waals surface area contributed by atoms with E-state index in [9.17, 15) is 9.59 Å². The second-order valence-electron chi connectivity index (χ2n) is 9.65. The van der Waals surface area contributed by atoms with Gasteiger partial charge in [-0.1, -0.05) is 44.5 Å². The van der Waals surface area contributed by atoms with Crippen LogP contribution in [0.25, 0.3) is 11.0 Å². The Morgan fingerprint density at radius 3 is 2.68 bits per heavy atom. The summed E-state index contributed by atoms with van der Waals surface area (Å²) in [5.74, 6) is 0.206. The Balaban J connectivity index is 1.80. The third-order valence-electron chi connectivity index (χ3n) is 6.67. The van der Waals surface area contributed by atoms with Gasteiger partial charge in [-0.3, -0.25) is 14.2 Å². The smallest absolute Gasteiger partial charge is 0.265 e. The van der Waals surface area contributed by atoms with Crippen LogP contribution in [-0.2, 0) is 11.3 Å². The SMILES string of the molecule is CCC1COC(C)(CCC(C)C)N1C(=O)c1cc2cccnc2n(Cc2ccc(Cl)cc2)c1=O. The Morgan fingerprint density at radius 2 is 2.00 bits per heavy atom. The molecular formula is C27H32ClN3O3. The normalized spacial score (nSPS) is 20.4. The number of fused-ring (bicyclic) bond motifs is 1. The number of carbonyl (C=O) groups excluding carboxylic acids is 1. The number of hydrogen-bond donors (Lipinski definition) is 0. The fourth-order valence-electron chi connectivity index (χ4n) is 4.64. The number of hydrogen-bond acceptors (Lipinski definition) is 4. The predicted molar refractivity (Wildman–Crippen MR) is 135 cm³/mol. The lowest BCUT2D eigenvalue weighted by molar-refractivity contribution is -0.0641. The highest BCUT2D eigenvalue weighted by Crippen LogP contribution is 2.35. The summed E-state index contributed by atoms with van der Waals surface area (Å²) in [6.45, 7) is 9.11. The van der Waals surface area contributed by atoms with Crippen LogP contribution in [0.1, 0.15) is 62.9 Å². The van der Waals surface area contributed by atoms with Crippen molar-refractivity contribution in [2.45, 2.75) is 65.3 Å². The number of halogens is 1. The van der Waals surface area contributed by atoms with Crippen LogP contribution < -0.4 is 5.56 Å². The number of aromatic nitrogens is 2. The monoisotopic (exact) mass is 481 g/mol. The molecule has 3 aromatic rings. The van der Waals surface area contributed by atoms with Gasteiger partial charge < -0.3 is 9.64 Å². The maximum Gasteiger partial charge on any atom is 0.265 e. The second-order valence-corrected chi connectivity index (χ2v) is 10.1. The van der Waals surface area contributed by atoms with E-state index in [4.69, 9.17) is 16.3 Å². The van der Waals surface area contributed by atoms with Gasteiger partial charge in [0.25, 0.3) is 11.5 Å². The highest BCUT2D eigenvalue weighted by molar-refractivity contribution is 6.30. The number of benzene rings is 1. The second kappa shape index (κ2) is 9.88. The van der Waals surface area contributed by atoms with Crippen LogP contribution in [0.15, 0.2) is 53.5 Å². The molecule has 0 bridgehead atoms. The molecule has 1 aliphatic heterocycles. The highest BCUT2D eigenvalue weighted by Gasteiger charge is 2.46. The molecular weight excluding hydrogens is 450 g/mol. The quantitative estimate of drug-likeness (QED) is 0.447. The number of ether oxygens (including phenoxy) is 1. The van der Waals surface area contributed by atoms with Gasteiger partial charge in [0.15, 0.2) is 0 Å². The zero-order chi connectivity index (χ0) is 24.5. The summed E-state index contributed by atoms with van der Waals surface area (Å²) in [6.07, 6.45) is 4.07. The fourth-order valence-corrected chi connectivity index (χ4v) is 4.77. The number of nitrogens with zero attached hydrogens (tertiary/aromatic N) is 3. The van der Waals surface area contributed by atoms with Crippen LogP contribution in [0.4, 0.5) is 0 Å². The van der Waals surface area contributed by atoms with Crippen LogP contribution in [0, 0.1) is 5.92 Å².